The molecule has 0 bridgehead atoms. The maximum atomic E-state index is 12.8. The van der Waals surface area contributed by atoms with E-state index < -0.39 is 5.41 Å². The highest BCUT2D eigenvalue weighted by Gasteiger charge is 2.51. The second kappa shape index (κ2) is 4.69. The van der Waals surface area contributed by atoms with Gasteiger partial charge in [-0.05, 0) is 50.4 Å². The minimum Gasteiger partial charge on any atom is -0.409 e. The largest absolute Gasteiger partial charge is 0.409 e. The average Bonchev–Trinajstić information content (AvgIpc) is 3.21. The van der Waals surface area contributed by atoms with Crippen LogP contribution in [0.4, 0.5) is 0 Å². The monoisotopic (exact) mass is 265 g/mol. The van der Waals surface area contributed by atoms with Gasteiger partial charge in [-0.1, -0.05) is 11.6 Å². The van der Waals surface area contributed by atoms with Crippen LogP contribution in [-0.2, 0) is 4.79 Å². The fraction of sp³-hybridized carbons (Fsp3) is 0.857. The quantitative estimate of drug-likeness (QED) is 0.331. The van der Waals surface area contributed by atoms with E-state index >= 15 is 0 Å². The van der Waals surface area contributed by atoms with E-state index in [-0.39, 0.29) is 11.7 Å². The van der Waals surface area contributed by atoms with Crippen molar-refractivity contribution in [2.75, 3.05) is 13.1 Å². The summed E-state index contributed by atoms with van der Waals surface area (Å²) in [6, 6.07) is 0. The lowest BCUT2D eigenvalue weighted by atomic mass is 9.66. The molecule has 5 nitrogen and oxygen atoms in total. The highest BCUT2D eigenvalue weighted by atomic mass is 16.4. The fourth-order valence-electron chi connectivity index (χ4n) is 2.97. The highest BCUT2D eigenvalue weighted by molar-refractivity contribution is 6.07. The number of oxime groups is 1. The van der Waals surface area contributed by atoms with Crippen LogP contribution >= 0.6 is 0 Å². The van der Waals surface area contributed by atoms with E-state index in [4.69, 9.17) is 10.9 Å². The Morgan fingerprint density at radius 1 is 1.21 bits per heavy atom. The Labute approximate surface area is 113 Å². The Morgan fingerprint density at radius 2 is 1.74 bits per heavy atom. The fourth-order valence-corrected chi connectivity index (χ4v) is 2.97. The number of hydrogen-bond donors (Lipinski definition) is 2. The van der Waals surface area contributed by atoms with Gasteiger partial charge in [-0.15, -0.1) is 0 Å². The van der Waals surface area contributed by atoms with E-state index in [0.29, 0.717) is 11.8 Å². The normalized spacial score (nSPS) is 25.8. The lowest BCUT2D eigenvalue weighted by molar-refractivity contribution is -0.142. The molecule has 5 heteroatoms. The number of carbonyl (C=O) groups is 1. The number of amides is 1. The van der Waals surface area contributed by atoms with Crippen LogP contribution in [0.25, 0.3) is 0 Å². The molecular formula is C14H23N3O2. The summed E-state index contributed by atoms with van der Waals surface area (Å²) in [6.45, 7) is 1.74. The molecule has 3 saturated carbocycles. The SMILES string of the molecule is NC(=NO)C1(C(=O)N(CC2CC2)CC2CC2)CCC1. The summed E-state index contributed by atoms with van der Waals surface area (Å²) < 4.78 is 0. The lowest BCUT2D eigenvalue weighted by Gasteiger charge is -2.42. The predicted octanol–water partition coefficient (Wildman–Crippen LogP) is 1.55. The zero-order chi connectivity index (χ0) is 13.5. The molecule has 0 aromatic rings. The van der Waals surface area contributed by atoms with Gasteiger partial charge < -0.3 is 15.8 Å². The molecule has 0 saturated heterocycles. The maximum Gasteiger partial charge on any atom is 0.236 e. The van der Waals surface area contributed by atoms with Crippen molar-refractivity contribution in [3.05, 3.63) is 0 Å². The van der Waals surface area contributed by atoms with Gasteiger partial charge in [0.25, 0.3) is 0 Å². The third-order valence-electron chi connectivity index (χ3n) is 4.85. The molecule has 0 radical (unpaired) electrons. The molecule has 0 aromatic carbocycles. The Kier molecular flexibility index (Phi) is 3.15. The standard InChI is InChI=1S/C14H23N3O2/c15-12(16-19)14(6-1-7-14)13(18)17(8-10-2-3-10)9-11-4-5-11/h10-11,19H,1-9H2,(H2,15,16). The average molecular weight is 265 g/mol. The zero-order valence-corrected chi connectivity index (χ0v) is 11.3. The number of hydrogen-bond acceptors (Lipinski definition) is 3. The molecule has 0 unspecified atom stereocenters. The van der Waals surface area contributed by atoms with Crippen LogP contribution in [0.5, 0.6) is 0 Å². The van der Waals surface area contributed by atoms with Crippen molar-refractivity contribution in [1.29, 1.82) is 0 Å². The Hall–Kier alpha value is -1.26. The van der Waals surface area contributed by atoms with Crippen LogP contribution in [0.2, 0.25) is 0 Å². The molecular weight excluding hydrogens is 242 g/mol. The lowest BCUT2D eigenvalue weighted by Crippen LogP contribution is -2.56. The summed E-state index contributed by atoms with van der Waals surface area (Å²) in [6.07, 6.45) is 7.41. The molecule has 0 heterocycles. The minimum absolute atomic E-state index is 0.104. The van der Waals surface area contributed by atoms with Crippen LogP contribution in [-0.4, -0.2) is 34.9 Å². The third kappa shape index (κ3) is 2.42. The number of rotatable bonds is 6. The van der Waals surface area contributed by atoms with Crippen molar-refractivity contribution in [2.45, 2.75) is 44.9 Å². The summed E-state index contributed by atoms with van der Waals surface area (Å²) in [5.74, 6) is 1.59. The predicted molar refractivity (Wildman–Crippen MR) is 71.7 cm³/mol. The van der Waals surface area contributed by atoms with Crippen LogP contribution in [0.3, 0.4) is 0 Å². The van der Waals surface area contributed by atoms with Crippen molar-refractivity contribution in [1.82, 2.24) is 4.90 Å². The molecule has 1 amide bonds. The first-order chi connectivity index (χ1) is 9.15. The molecule has 19 heavy (non-hydrogen) atoms. The molecule has 0 atom stereocenters. The number of carbonyl (C=O) groups excluding carboxylic acids is 1. The summed E-state index contributed by atoms with van der Waals surface area (Å²) >= 11 is 0. The molecule has 3 fully saturated rings. The van der Waals surface area contributed by atoms with Crippen molar-refractivity contribution < 1.29 is 10.0 Å². The smallest absolute Gasteiger partial charge is 0.236 e. The van der Waals surface area contributed by atoms with Gasteiger partial charge in [0.05, 0.1) is 0 Å². The van der Waals surface area contributed by atoms with E-state index in [1.54, 1.807) is 0 Å². The van der Waals surface area contributed by atoms with Gasteiger partial charge in [0, 0.05) is 13.1 Å². The Balaban J connectivity index is 1.73. The molecule has 0 aliphatic heterocycles. The topological polar surface area (TPSA) is 78.9 Å². The van der Waals surface area contributed by atoms with Gasteiger partial charge in [-0.2, -0.15) is 0 Å². The van der Waals surface area contributed by atoms with E-state index in [1.165, 1.54) is 25.7 Å². The molecule has 0 spiro atoms. The molecule has 3 aliphatic carbocycles. The van der Waals surface area contributed by atoms with E-state index in [0.717, 1.165) is 32.4 Å². The van der Waals surface area contributed by atoms with Crippen molar-refractivity contribution >= 4 is 11.7 Å². The summed E-state index contributed by atoms with van der Waals surface area (Å²) in [7, 11) is 0. The second-order valence-electron chi connectivity index (χ2n) is 6.52. The molecule has 3 N–H and O–H groups in total. The number of amidine groups is 1. The van der Waals surface area contributed by atoms with Gasteiger partial charge in [0.15, 0.2) is 5.84 Å². The Bertz CT molecular complexity index is 381. The van der Waals surface area contributed by atoms with Crippen molar-refractivity contribution in [2.24, 2.45) is 28.1 Å². The van der Waals surface area contributed by atoms with Gasteiger partial charge in [-0.3, -0.25) is 4.79 Å². The first kappa shape index (κ1) is 12.8. The second-order valence-corrected chi connectivity index (χ2v) is 6.52. The van der Waals surface area contributed by atoms with Crippen LogP contribution in [0.1, 0.15) is 44.9 Å². The maximum absolute atomic E-state index is 12.8. The first-order valence-electron chi connectivity index (χ1n) is 7.43. The molecule has 3 aliphatic rings. The molecule has 0 aromatic heterocycles. The highest BCUT2D eigenvalue weighted by Crippen LogP contribution is 2.44. The Morgan fingerprint density at radius 3 is 2.05 bits per heavy atom. The van der Waals surface area contributed by atoms with Gasteiger partial charge in [0.1, 0.15) is 5.41 Å². The molecule has 106 valence electrons. The summed E-state index contributed by atoms with van der Waals surface area (Å²) in [5, 5.41) is 12.1. The van der Waals surface area contributed by atoms with E-state index in [1.807, 2.05) is 4.90 Å². The molecule has 3 rings (SSSR count). The van der Waals surface area contributed by atoms with Crippen LogP contribution < -0.4 is 5.73 Å². The minimum atomic E-state index is -0.696. The first-order valence-corrected chi connectivity index (χ1v) is 7.43. The van der Waals surface area contributed by atoms with E-state index in [2.05, 4.69) is 5.16 Å². The van der Waals surface area contributed by atoms with Gasteiger partial charge >= 0.3 is 0 Å². The van der Waals surface area contributed by atoms with Gasteiger partial charge in [-0.25, -0.2) is 0 Å². The van der Waals surface area contributed by atoms with Crippen LogP contribution in [0.15, 0.2) is 5.16 Å². The number of nitrogens with zero attached hydrogens (tertiary/aromatic N) is 2. The summed E-state index contributed by atoms with van der Waals surface area (Å²) in [4.78, 5) is 14.8. The third-order valence-corrected chi connectivity index (χ3v) is 4.85. The zero-order valence-electron chi connectivity index (χ0n) is 11.3. The number of nitrogens with two attached hydrogens (primary N) is 1. The van der Waals surface area contributed by atoms with Crippen LogP contribution in [0, 0.1) is 17.3 Å². The van der Waals surface area contributed by atoms with Crippen molar-refractivity contribution in [3.63, 3.8) is 0 Å². The van der Waals surface area contributed by atoms with Gasteiger partial charge in [0.2, 0.25) is 5.91 Å². The van der Waals surface area contributed by atoms with Crippen molar-refractivity contribution in [3.8, 4) is 0 Å². The van der Waals surface area contributed by atoms with E-state index in [9.17, 15) is 4.79 Å². The summed E-state index contributed by atoms with van der Waals surface area (Å²) in [5.41, 5.74) is 5.10.